The van der Waals surface area contributed by atoms with Gasteiger partial charge in [-0.15, -0.1) is 0 Å². The molecule has 0 aliphatic heterocycles. The number of halogens is 2. The van der Waals surface area contributed by atoms with Crippen LogP contribution in [-0.2, 0) is 6.42 Å². The van der Waals surface area contributed by atoms with Gasteiger partial charge < -0.3 is 10.8 Å². The summed E-state index contributed by atoms with van der Waals surface area (Å²) >= 11 is 0. The first-order valence-corrected chi connectivity index (χ1v) is 5.91. The maximum absolute atomic E-state index is 13.5. The van der Waals surface area contributed by atoms with E-state index in [0.29, 0.717) is 12.8 Å². The molecule has 0 bridgehead atoms. The van der Waals surface area contributed by atoms with Crippen molar-refractivity contribution < 1.29 is 13.9 Å². The Morgan fingerprint density at radius 3 is 2.59 bits per heavy atom. The van der Waals surface area contributed by atoms with Crippen molar-refractivity contribution >= 4 is 0 Å². The van der Waals surface area contributed by atoms with E-state index in [1.54, 1.807) is 0 Å². The van der Waals surface area contributed by atoms with Crippen molar-refractivity contribution in [3.05, 3.63) is 35.4 Å². The quantitative estimate of drug-likeness (QED) is 0.833. The number of nitrogens with two attached hydrogens (primary N) is 1. The number of hydrogen-bond acceptors (Lipinski definition) is 2. The molecule has 4 heteroatoms. The lowest BCUT2D eigenvalue weighted by Gasteiger charge is -2.35. The van der Waals surface area contributed by atoms with E-state index in [9.17, 15) is 13.9 Å². The summed E-state index contributed by atoms with van der Waals surface area (Å²) in [6, 6.07) is 3.67. The summed E-state index contributed by atoms with van der Waals surface area (Å²) < 4.78 is 27.0. The van der Waals surface area contributed by atoms with Crippen molar-refractivity contribution in [3.8, 4) is 0 Å². The van der Waals surface area contributed by atoms with E-state index in [0.717, 1.165) is 12.8 Å². The summed E-state index contributed by atoms with van der Waals surface area (Å²) in [5, 5.41) is 10.3. The van der Waals surface area contributed by atoms with E-state index < -0.39 is 17.2 Å². The van der Waals surface area contributed by atoms with Crippen LogP contribution in [0.5, 0.6) is 0 Å². The van der Waals surface area contributed by atoms with Gasteiger partial charge in [0.15, 0.2) is 0 Å². The maximum atomic E-state index is 13.5. The first-order chi connectivity index (χ1) is 8.00. The fourth-order valence-corrected chi connectivity index (χ4v) is 2.58. The Kier molecular flexibility index (Phi) is 3.45. The van der Waals surface area contributed by atoms with Crippen LogP contribution < -0.4 is 5.73 Å². The van der Waals surface area contributed by atoms with Gasteiger partial charge in [0.2, 0.25) is 0 Å². The minimum Gasteiger partial charge on any atom is -0.389 e. The number of hydrogen-bond donors (Lipinski definition) is 2. The smallest absolute Gasteiger partial charge is 0.129 e. The molecule has 1 aliphatic carbocycles. The van der Waals surface area contributed by atoms with Gasteiger partial charge in [0.1, 0.15) is 11.6 Å². The molecule has 94 valence electrons. The standard InChI is InChI=1S/C13H17F2NO/c14-11-4-1-5-12(15)10(11)8-13(17)6-2-3-9(16)7-13/h1,4-5,9,17H,2-3,6-8,16H2. The molecular weight excluding hydrogens is 224 g/mol. The lowest BCUT2D eigenvalue weighted by atomic mass is 9.78. The van der Waals surface area contributed by atoms with Crippen LogP contribution in [-0.4, -0.2) is 16.7 Å². The normalized spacial score (nSPS) is 29.3. The monoisotopic (exact) mass is 241 g/mol. The number of aliphatic hydroxyl groups is 1. The summed E-state index contributed by atoms with van der Waals surface area (Å²) in [6.07, 6.45) is 2.62. The highest BCUT2D eigenvalue weighted by Crippen LogP contribution is 2.32. The summed E-state index contributed by atoms with van der Waals surface area (Å²) in [6.45, 7) is 0. The lowest BCUT2D eigenvalue weighted by Crippen LogP contribution is -2.43. The Morgan fingerprint density at radius 2 is 2.00 bits per heavy atom. The molecule has 0 amide bonds. The first-order valence-electron chi connectivity index (χ1n) is 5.91. The predicted molar refractivity (Wildman–Crippen MR) is 61.5 cm³/mol. The van der Waals surface area contributed by atoms with E-state index in [1.165, 1.54) is 18.2 Å². The molecule has 0 spiro atoms. The fraction of sp³-hybridized carbons (Fsp3) is 0.538. The molecule has 0 saturated heterocycles. The second kappa shape index (κ2) is 4.70. The molecule has 2 nitrogen and oxygen atoms in total. The zero-order valence-electron chi connectivity index (χ0n) is 9.63. The van der Waals surface area contributed by atoms with Crippen molar-refractivity contribution in [2.75, 3.05) is 0 Å². The Morgan fingerprint density at radius 1 is 1.35 bits per heavy atom. The summed E-state index contributed by atoms with van der Waals surface area (Å²) in [5.41, 5.74) is 4.69. The van der Waals surface area contributed by atoms with Crippen LogP contribution in [0.15, 0.2) is 18.2 Å². The zero-order chi connectivity index (χ0) is 12.5. The largest absolute Gasteiger partial charge is 0.389 e. The van der Waals surface area contributed by atoms with Crippen LogP contribution in [0.1, 0.15) is 31.2 Å². The third kappa shape index (κ3) is 2.82. The molecule has 1 saturated carbocycles. The third-order valence-electron chi connectivity index (χ3n) is 3.43. The first kappa shape index (κ1) is 12.5. The van der Waals surface area contributed by atoms with Crippen molar-refractivity contribution in [2.45, 2.75) is 43.7 Å². The zero-order valence-corrected chi connectivity index (χ0v) is 9.63. The molecule has 1 fully saturated rings. The van der Waals surface area contributed by atoms with Gasteiger partial charge >= 0.3 is 0 Å². The Labute approximate surface area is 99.4 Å². The molecule has 0 radical (unpaired) electrons. The van der Waals surface area contributed by atoms with Gasteiger partial charge in [0.25, 0.3) is 0 Å². The number of rotatable bonds is 2. The highest BCUT2D eigenvalue weighted by atomic mass is 19.1. The molecular formula is C13H17F2NO. The molecule has 0 aromatic heterocycles. The van der Waals surface area contributed by atoms with E-state index in [1.807, 2.05) is 0 Å². The van der Waals surface area contributed by atoms with Crippen molar-refractivity contribution in [3.63, 3.8) is 0 Å². The van der Waals surface area contributed by atoms with Gasteiger partial charge in [-0.05, 0) is 37.8 Å². The second-order valence-corrected chi connectivity index (χ2v) is 4.96. The van der Waals surface area contributed by atoms with Crippen LogP contribution in [0.2, 0.25) is 0 Å². The van der Waals surface area contributed by atoms with Gasteiger partial charge in [0.05, 0.1) is 5.60 Å². The highest BCUT2D eigenvalue weighted by Gasteiger charge is 2.34. The van der Waals surface area contributed by atoms with Crippen molar-refractivity contribution in [2.24, 2.45) is 5.73 Å². The third-order valence-corrected chi connectivity index (χ3v) is 3.43. The molecule has 3 N–H and O–H groups in total. The molecule has 2 unspecified atom stereocenters. The summed E-state index contributed by atoms with van der Waals surface area (Å²) in [7, 11) is 0. The SMILES string of the molecule is NC1CCCC(O)(Cc2c(F)cccc2F)C1. The van der Waals surface area contributed by atoms with Crippen LogP contribution in [0.4, 0.5) is 8.78 Å². The fourth-order valence-electron chi connectivity index (χ4n) is 2.58. The molecule has 17 heavy (non-hydrogen) atoms. The topological polar surface area (TPSA) is 46.2 Å². The lowest BCUT2D eigenvalue weighted by molar-refractivity contribution is -0.00329. The van der Waals surface area contributed by atoms with Crippen LogP contribution >= 0.6 is 0 Å². The van der Waals surface area contributed by atoms with Gasteiger partial charge in [-0.1, -0.05) is 6.07 Å². The minimum absolute atomic E-state index is 0.000787. The summed E-state index contributed by atoms with van der Waals surface area (Å²) in [4.78, 5) is 0. The molecule has 2 atom stereocenters. The highest BCUT2D eigenvalue weighted by molar-refractivity contribution is 5.22. The Balaban J connectivity index is 2.19. The van der Waals surface area contributed by atoms with Crippen molar-refractivity contribution in [1.82, 2.24) is 0 Å². The van der Waals surface area contributed by atoms with Crippen LogP contribution in [0.25, 0.3) is 0 Å². The van der Waals surface area contributed by atoms with Crippen LogP contribution in [0.3, 0.4) is 0 Å². The molecule has 1 aliphatic rings. The van der Waals surface area contributed by atoms with Crippen molar-refractivity contribution in [1.29, 1.82) is 0 Å². The van der Waals surface area contributed by atoms with E-state index in [2.05, 4.69) is 0 Å². The van der Waals surface area contributed by atoms with E-state index in [-0.39, 0.29) is 18.0 Å². The van der Waals surface area contributed by atoms with E-state index >= 15 is 0 Å². The summed E-state index contributed by atoms with van der Waals surface area (Å²) in [5.74, 6) is -1.20. The molecule has 0 heterocycles. The molecule has 1 aromatic rings. The Bertz CT molecular complexity index is 390. The average molecular weight is 241 g/mol. The van der Waals surface area contributed by atoms with Gasteiger partial charge in [0, 0.05) is 18.0 Å². The maximum Gasteiger partial charge on any atom is 0.129 e. The predicted octanol–water partition coefficient (Wildman–Crippen LogP) is 2.14. The molecule has 1 aromatic carbocycles. The number of benzene rings is 1. The van der Waals surface area contributed by atoms with E-state index in [4.69, 9.17) is 5.73 Å². The average Bonchev–Trinajstić information content (AvgIpc) is 2.23. The van der Waals surface area contributed by atoms with Crippen LogP contribution in [0, 0.1) is 11.6 Å². The van der Waals surface area contributed by atoms with Gasteiger partial charge in [-0.3, -0.25) is 0 Å². The van der Waals surface area contributed by atoms with Gasteiger partial charge in [-0.25, -0.2) is 8.78 Å². The Hall–Kier alpha value is -1.00. The molecule has 2 rings (SSSR count). The van der Waals surface area contributed by atoms with Gasteiger partial charge in [-0.2, -0.15) is 0 Å². The second-order valence-electron chi connectivity index (χ2n) is 4.96. The minimum atomic E-state index is -1.07.